The van der Waals surface area contributed by atoms with Crippen LogP contribution >= 0.6 is 31.9 Å². The van der Waals surface area contributed by atoms with Gasteiger partial charge in [-0.1, -0.05) is 0 Å². The fraction of sp³-hybridized carbons (Fsp3) is 0.222. The fourth-order valence-corrected chi connectivity index (χ4v) is 3.82. The topological polar surface area (TPSA) is 40.6 Å². The van der Waals surface area contributed by atoms with E-state index >= 15 is 0 Å². The summed E-state index contributed by atoms with van der Waals surface area (Å²) in [6.07, 6.45) is 0. The van der Waals surface area contributed by atoms with Crippen molar-refractivity contribution in [1.82, 2.24) is 9.80 Å². The van der Waals surface area contributed by atoms with Crippen LogP contribution in [0.4, 0.5) is 8.78 Å². The van der Waals surface area contributed by atoms with Crippen LogP contribution in [-0.4, -0.2) is 47.8 Å². The van der Waals surface area contributed by atoms with Crippen LogP contribution in [0.2, 0.25) is 0 Å². The number of nitrogens with zero attached hydrogens (tertiary/aromatic N) is 2. The molecule has 0 N–H and O–H groups in total. The Balaban J connectivity index is 1.67. The highest BCUT2D eigenvalue weighted by molar-refractivity contribution is 9.10. The van der Waals surface area contributed by atoms with Gasteiger partial charge in [0.2, 0.25) is 0 Å². The van der Waals surface area contributed by atoms with E-state index in [4.69, 9.17) is 0 Å². The van der Waals surface area contributed by atoms with Gasteiger partial charge in [0.25, 0.3) is 11.8 Å². The second kappa shape index (κ2) is 7.84. The first-order valence-corrected chi connectivity index (χ1v) is 9.44. The molecule has 1 saturated heterocycles. The van der Waals surface area contributed by atoms with Crippen LogP contribution in [-0.2, 0) is 0 Å². The van der Waals surface area contributed by atoms with E-state index in [0.29, 0.717) is 46.3 Å². The number of carbonyl (C=O) groups excluding carboxylic acids is 2. The summed E-state index contributed by atoms with van der Waals surface area (Å²) in [7, 11) is 0. The zero-order chi connectivity index (χ0) is 18.8. The molecule has 136 valence electrons. The summed E-state index contributed by atoms with van der Waals surface area (Å²) in [4.78, 5) is 28.4. The Morgan fingerprint density at radius 3 is 1.38 bits per heavy atom. The highest BCUT2D eigenvalue weighted by Crippen LogP contribution is 2.22. The van der Waals surface area contributed by atoms with Gasteiger partial charge in [-0.05, 0) is 68.3 Å². The van der Waals surface area contributed by atoms with Crippen molar-refractivity contribution in [2.75, 3.05) is 26.2 Å². The van der Waals surface area contributed by atoms with E-state index in [1.807, 2.05) is 0 Å². The first-order chi connectivity index (χ1) is 12.4. The molecule has 1 fully saturated rings. The van der Waals surface area contributed by atoms with Crippen LogP contribution in [0, 0.1) is 11.6 Å². The van der Waals surface area contributed by atoms with Crippen LogP contribution in [0.25, 0.3) is 0 Å². The van der Waals surface area contributed by atoms with E-state index in [-0.39, 0.29) is 11.8 Å². The van der Waals surface area contributed by atoms with Gasteiger partial charge in [-0.25, -0.2) is 8.78 Å². The van der Waals surface area contributed by atoms with E-state index in [2.05, 4.69) is 31.9 Å². The predicted octanol–water partition coefficient (Wildman–Crippen LogP) is 4.09. The first-order valence-electron chi connectivity index (χ1n) is 7.85. The SMILES string of the molecule is O=C(c1ccc(F)cc1Br)N1CCN(C(=O)c2ccc(F)cc2Br)CC1. The Bertz CT molecular complexity index is 797. The van der Waals surface area contributed by atoms with Gasteiger partial charge in [-0.2, -0.15) is 0 Å². The summed E-state index contributed by atoms with van der Waals surface area (Å²) in [5, 5.41) is 0. The smallest absolute Gasteiger partial charge is 0.255 e. The van der Waals surface area contributed by atoms with Gasteiger partial charge in [0.05, 0.1) is 11.1 Å². The molecular weight excluding hydrogens is 474 g/mol. The van der Waals surface area contributed by atoms with E-state index in [1.165, 1.54) is 36.4 Å². The number of benzene rings is 2. The molecule has 2 aromatic rings. The van der Waals surface area contributed by atoms with Crippen LogP contribution in [0.3, 0.4) is 0 Å². The third kappa shape index (κ3) is 3.96. The predicted molar refractivity (Wildman–Crippen MR) is 100 cm³/mol. The molecule has 0 aliphatic carbocycles. The average Bonchev–Trinajstić information content (AvgIpc) is 2.61. The van der Waals surface area contributed by atoms with Crippen molar-refractivity contribution in [1.29, 1.82) is 0 Å². The molecule has 0 bridgehead atoms. The maximum atomic E-state index is 13.2. The lowest BCUT2D eigenvalue weighted by Gasteiger charge is -2.35. The van der Waals surface area contributed by atoms with Gasteiger partial charge in [0.15, 0.2) is 0 Å². The van der Waals surface area contributed by atoms with Crippen molar-refractivity contribution in [3.05, 3.63) is 68.1 Å². The molecule has 0 aromatic heterocycles. The van der Waals surface area contributed by atoms with Crippen LogP contribution in [0.15, 0.2) is 45.3 Å². The largest absolute Gasteiger partial charge is 0.335 e. The van der Waals surface area contributed by atoms with Crippen molar-refractivity contribution >= 4 is 43.7 Å². The molecule has 4 nitrogen and oxygen atoms in total. The van der Waals surface area contributed by atoms with Crippen molar-refractivity contribution in [2.45, 2.75) is 0 Å². The van der Waals surface area contributed by atoms with Crippen LogP contribution in [0.1, 0.15) is 20.7 Å². The third-order valence-electron chi connectivity index (χ3n) is 4.18. The zero-order valence-corrected chi connectivity index (χ0v) is 16.7. The average molecular weight is 488 g/mol. The lowest BCUT2D eigenvalue weighted by atomic mass is 10.1. The van der Waals surface area contributed by atoms with Crippen molar-refractivity contribution in [3.63, 3.8) is 0 Å². The normalized spacial score (nSPS) is 14.5. The number of halogens is 4. The molecule has 0 saturated carbocycles. The highest BCUT2D eigenvalue weighted by atomic mass is 79.9. The molecule has 1 heterocycles. The molecule has 26 heavy (non-hydrogen) atoms. The van der Waals surface area contributed by atoms with Gasteiger partial charge < -0.3 is 9.80 Å². The van der Waals surface area contributed by atoms with E-state index < -0.39 is 11.6 Å². The summed E-state index contributed by atoms with van der Waals surface area (Å²) in [6.45, 7) is 1.47. The maximum Gasteiger partial charge on any atom is 0.255 e. The lowest BCUT2D eigenvalue weighted by molar-refractivity contribution is 0.0534. The molecule has 0 unspecified atom stereocenters. The monoisotopic (exact) mass is 486 g/mol. The minimum Gasteiger partial charge on any atom is -0.335 e. The highest BCUT2D eigenvalue weighted by Gasteiger charge is 2.27. The van der Waals surface area contributed by atoms with Crippen molar-refractivity contribution in [2.24, 2.45) is 0 Å². The van der Waals surface area contributed by atoms with Crippen molar-refractivity contribution in [3.8, 4) is 0 Å². The molecule has 0 radical (unpaired) electrons. The number of hydrogen-bond acceptors (Lipinski definition) is 2. The van der Waals surface area contributed by atoms with E-state index in [9.17, 15) is 18.4 Å². The van der Waals surface area contributed by atoms with Gasteiger partial charge in [-0.3, -0.25) is 9.59 Å². The molecule has 1 aliphatic rings. The van der Waals surface area contributed by atoms with Gasteiger partial charge in [-0.15, -0.1) is 0 Å². The third-order valence-corrected chi connectivity index (χ3v) is 5.49. The van der Waals surface area contributed by atoms with E-state index in [1.54, 1.807) is 9.80 Å². The minimum atomic E-state index is -0.422. The second-order valence-corrected chi connectivity index (χ2v) is 7.54. The Morgan fingerprint density at radius 1 is 0.731 bits per heavy atom. The molecule has 8 heteroatoms. The Morgan fingerprint density at radius 2 is 1.08 bits per heavy atom. The Labute approximate surface area is 166 Å². The molecule has 0 spiro atoms. The molecule has 0 atom stereocenters. The molecule has 1 aliphatic heterocycles. The number of piperazine rings is 1. The zero-order valence-electron chi connectivity index (χ0n) is 13.5. The summed E-state index contributed by atoms with van der Waals surface area (Å²) in [6, 6.07) is 7.86. The Hall–Kier alpha value is -1.80. The molecule has 2 amide bonds. The quantitative estimate of drug-likeness (QED) is 0.640. The van der Waals surface area contributed by atoms with Gasteiger partial charge in [0.1, 0.15) is 11.6 Å². The van der Waals surface area contributed by atoms with Crippen LogP contribution in [0.5, 0.6) is 0 Å². The number of carbonyl (C=O) groups is 2. The van der Waals surface area contributed by atoms with Crippen LogP contribution < -0.4 is 0 Å². The molecule has 3 rings (SSSR count). The second-order valence-electron chi connectivity index (χ2n) is 5.83. The number of rotatable bonds is 2. The summed E-state index contributed by atoms with van der Waals surface area (Å²) >= 11 is 6.41. The lowest BCUT2D eigenvalue weighted by Crippen LogP contribution is -2.50. The fourth-order valence-electron chi connectivity index (χ4n) is 2.78. The van der Waals surface area contributed by atoms with Gasteiger partial charge >= 0.3 is 0 Å². The number of amides is 2. The van der Waals surface area contributed by atoms with Gasteiger partial charge in [0, 0.05) is 35.1 Å². The van der Waals surface area contributed by atoms with Crippen molar-refractivity contribution < 1.29 is 18.4 Å². The van der Waals surface area contributed by atoms with E-state index in [0.717, 1.165) is 0 Å². The summed E-state index contributed by atoms with van der Waals surface area (Å²) in [5.41, 5.74) is 0.764. The molecular formula is C18H14Br2F2N2O2. The minimum absolute atomic E-state index is 0.216. The molecule has 2 aromatic carbocycles. The number of hydrogen-bond donors (Lipinski definition) is 0. The first kappa shape index (κ1) is 19.0. The summed E-state index contributed by atoms with van der Waals surface area (Å²) < 4.78 is 27.2. The standard InChI is InChI=1S/C18H14Br2F2N2O2/c19-15-9-11(21)1-3-13(15)17(25)23-5-7-24(8-6-23)18(26)14-4-2-12(22)10-16(14)20/h1-4,9-10H,5-8H2. The maximum absolute atomic E-state index is 13.2. The summed E-state index contributed by atoms with van der Waals surface area (Å²) in [5.74, 6) is -1.28. The Kier molecular flexibility index (Phi) is 5.72.